The van der Waals surface area contributed by atoms with Crippen LogP contribution in [0.25, 0.3) is 0 Å². The molecular formula is C18H21BrClN5O3. The van der Waals surface area contributed by atoms with Gasteiger partial charge in [0.2, 0.25) is 0 Å². The van der Waals surface area contributed by atoms with E-state index in [-0.39, 0.29) is 23.5 Å². The van der Waals surface area contributed by atoms with Crippen LogP contribution in [0.1, 0.15) is 27.8 Å². The lowest BCUT2D eigenvalue weighted by molar-refractivity contribution is 0.0342. The normalized spacial score (nSPS) is 15.8. The van der Waals surface area contributed by atoms with Gasteiger partial charge < -0.3 is 15.4 Å². The third-order valence-corrected chi connectivity index (χ3v) is 5.39. The first-order chi connectivity index (χ1) is 13.5. The molecule has 0 unspecified atom stereocenters. The number of carbonyl (C=O) groups is 2. The first kappa shape index (κ1) is 20.8. The molecule has 2 aromatic rings. The van der Waals surface area contributed by atoms with E-state index in [9.17, 15) is 9.59 Å². The van der Waals surface area contributed by atoms with Gasteiger partial charge in [0, 0.05) is 25.7 Å². The number of rotatable bonds is 6. The molecule has 0 aliphatic carbocycles. The van der Waals surface area contributed by atoms with Gasteiger partial charge in [0.15, 0.2) is 5.69 Å². The summed E-state index contributed by atoms with van der Waals surface area (Å²) in [6.45, 7) is 5.79. The fourth-order valence-corrected chi connectivity index (χ4v) is 3.57. The Balaban J connectivity index is 1.61. The topological polar surface area (TPSA) is 99.3 Å². The highest BCUT2D eigenvalue weighted by Gasteiger charge is 2.22. The van der Waals surface area contributed by atoms with Gasteiger partial charge in [0.05, 0.1) is 28.3 Å². The number of hydrogen-bond donors (Lipinski definition) is 3. The first-order valence-electron chi connectivity index (χ1n) is 8.86. The summed E-state index contributed by atoms with van der Waals surface area (Å²) in [6.07, 6.45) is 0. The second-order valence-electron chi connectivity index (χ2n) is 6.48. The summed E-state index contributed by atoms with van der Waals surface area (Å²) >= 11 is 9.37. The maximum atomic E-state index is 12.5. The third kappa shape index (κ3) is 5.11. The maximum Gasteiger partial charge on any atom is 0.273 e. The number of nitrogens with one attached hydrogen (secondary N) is 3. The number of nitrogens with zero attached hydrogens (tertiary/aromatic N) is 2. The molecule has 0 spiro atoms. The van der Waals surface area contributed by atoms with Crippen LogP contribution >= 0.6 is 27.5 Å². The van der Waals surface area contributed by atoms with Crippen molar-refractivity contribution in [3.8, 4) is 0 Å². The van der Waals surface area contributed by atoms with Crippen molar-refractivity contribution in [1.29, 1.82) is 0 Å². The zero-order chi connectivity index (χ0) is 20.1. The number of aromatic amines is 1. The summed E-state index contributed by atoms with van der Waals surface area (Å²) < 4.78 is 5.71. The number of anilines is 1. The van der Waals surface area contributed by atoms with Gasteiger partial charge in [-0.15, -0.1) is 0 Å². The molecule has 1 fully saturated rings. The molecule has 28 heavy (non-hydrogen) atoms. The third-order valence-electron chi connectivity index (χ3n) is 4.29. The molecule has 0 saturated carbocycles. The summed E-state index contributed by atoms with van der Waals surface area (Å²) in [5.41, 5.74) is 0.499. The molecule has 0 bridgehead atoms. The average Bonchev–Trinajstić information content (AvgIpc) is 3.03. The van der Waals surface area contributed by atoms with Gasteiger partial charge >= 0.3 is 0 Å². The van der Waals surface area contributed by atoms with Crippen LogP contribution in [0.2, 0.25) is 5.02 Å². The Bertz CT molecular complexity index is 853. The lowest BCUT2D eigenvalue weighted by atomic mass is 10.2. The minimum Gasteiger partial charge on any atom is -0.379 e. The van der Waals surface area contributed by atoms with Crippen molar-refractivity contribution in [3.63, 3.8) is 0 Å². The first-order valence-corrected chi connectivity index (χ1v) is 10.0. The highest BCUT2D eigenvalue weighted by molar-refractivity contribution is 9.10. The fraction of sp³-hybridized carbons (Fsp3) is 0.389. The Morgan fingerprint density at radius 3 is 2.75 bits per heavy atom. The highest BCUT2D eigenvalue weighted by atomic mass is 79.9. The van der Waals surface area contributed by atoms with E-state index in [4.69, 9.17) is 16.3 Å². The lowest BCUT2D eigenvalue weighted by Gasteiger charge is -2.29. The maximum absolute atomic E-state index is 12.5. The largest absolute Gasteiger partial charge is 0.379 e. The van der Waals surface area contributed by atoms with Gasteiger partial charge in [-0.05, 0) is 35.0 Å². The van der Waals surface area contributed by atoms with Crippen molar-refractivity contribution in [1.82, 2.24) is 20.4 Å². The minimum atomic E-state index is -0.400. The van der Waals surface area contributed by atoms with Crippen molar-refractivity contribution >= 4 is 45.2 Å². The van der Waals surface area contributed by atoms with Crippen molar-refractivity contribution in [3.05, 3.63) is 45.0 Å². The number of halogens is 2. The molecule has 1 aromatic carbocycles. The zero-order valence-corrected chi connectivity index (χ0v) is 17.6. The van der Waals surface area contributed by atoms with E-state index in [1.165, 1.54) is 0 Å². The van der Waals surface area contributed by atoms with E-state index < -0.39 is 5.91 Å². The highest BCUT2D eigenvalue weighted by Crippen LogP contribution is 2.25. The van der Waals surface area contributed by atoms with Gasteiger partial charge in [-0.1, -0.05) is 23.7 Å². The second kappa shape index (κ2) is 9.51. The Morgan fingerprint density at radius 1 is 1.32 bits per heavy atom. The lowest BCUT2D eigenvalue weighted by Crippen LogP contribution is -2.46. The molecule has 1 atom stereocenters. The van der Waals surface area contributed by atoms with Crippen molar-refractivity contribution in [2.75, 3.05) is 38.2 Å². The molecule has 1 aliphatic rings. The van der Waals surface area contributed by atoms with Crippen molar-refractivity contribution < 1.29 is 14.3 Å². The fourth-order valence-electron chi connectivity index (χ4n) is 2.90. The van der Waals surface area contributed by atoms with Crippen molar-refractivity contribution in [2.24, 2.45) is 0 Å². The zero-order valence-electron chi connectivity index (χ0n) is 15.3. The van der Waals surface area contributed by atoms with Crippen LogP contribution < -0.4 is 10.6 Å². The van der Waals surface area contributed by atoms with Gasteiger partial charge in [0.1, 0.15) is 5.82 Å². The van der Waals surface area contributed by atoms with Crippen LogP contribution in [-0.4, -0.2) is 65.8 Å². The van der Waals surface area contributed by atoms with E-state index in [1.54, 1.807) is 24.3 Å². The number of carbonyl (C=O) groups excluding carboxylic acids is 2. The van der Waals surface area contributed by atoms with Gasteiger partial charge in [-0.2, -0.15) is 5.10 Å². The van der Waals surface area contributed by atoms with Gasteiger partial charge in [-0.3, -0.25) is 19.6 Å². The molecule has 150 valence electrons. The number of hydrogen-bond acceptors (Lipinski definition) is 5. The predicted molar refractivity (Wildman–Crippen MR) is 110 cm³/mol. The Labute approximate surface area is 176 Å². The summed E-state index contributed by atoms with van der Waals surface area (Å²) in [4.78, 5) is 27.2. The minimum absolute atomic E-state index is 0.0598. The van der Waals surface area contributed by atoms with Crippen LogP contribution in [0.3, 0.4) is 0 Å². The second-order valence-corrected chi connectivity index (χ2v) is 7.68. The standard InChI is InChI=1S/C18H21BrClN5O3/c1-11(10-25-6-8-28-9-7-25)21-18(27)15-14(19)16(24-23-15)22-17(26)12-4-2-3-5-13(12)20/h2-5,11H,6-10H2,1H3,(H,21,27)(H2,22,23,24,26)/t11-/m1/s1. The molecule has 1 aromatic heterocycles. The molecule has 3 rings (SSSR count). The Hall–Kier alpha value is -1.94. The van der Waals surface area contributed by atoms with Crippen LogP contribution in [-0.2, 0) is 4.74 Å². The number of amides is 2. The van der Waals surface area contributed by atoms with E-state index in [0.29, 0.717) is 28.3 Å². The molecule has 2 heterocycles. The van der Waals surface area contributed by atoms with Crippen molar-refractivity contribution in [2.45, 2.75) is 13.0 Å². The Morgan fingerprint density at radius 2 is 2.04 bits per heavy atom. The quantitative estimate of drug-likeness (QED) is 0.602. The Kier molecular flexibility index (Phi) is 7.06. The predicted octanol–water partition coefficient (Wildman–Crippen LogP) is 2.53. The van der Waals surface area contributed by atoms with E-state index in [2.05, 4.69) is 41.7 Å². The number of aromatic nitrogens is 2. The van der Waals surface area contributed by atoms with Crippen LogP contribution in [0.15, 0.2) is 28.7 Å². The molecule has 8 nitrogen and oxygen atoms in total. The molecule has 2 amide bonds. The smallest absolute Gasteiger partial charge is 0.273 e. The summed E-state index contributed by atoms with van der Waals surface area (Å²) in [7, 11) is 0. The van der Waals surface area contributed by atoms with Gasteiger partial charge in [0.25, 0.3) is 11.8 Å². The molecule has 10 heteroatoms. The average molecular weight is 471 g/mol. The van der Waals surface area contributed by atoms with Crippen LogP contribution in [0, 0.1) is 0 Å². The monoisotopic (exact) mass is 469 g/mol. The van der Waals surface area contributed by atoms with E-state index in [0.717, 1.165) is 19.6 Å². The number of H-pyrrole nitrogens is 1. The summed E-state index contributed by atoms with van der Waals surface area (Å²) in [5.74, 6) is -0.444. The molecule has 1 aliphatic heterocycles. The van der Waals surface area contributed by atoms with E-state index in [1.807, 2.05) is 6.92 Å². The van der Waals surface area contributed by atoms with E-state index >= 15 is 0 Å². The number of benzene rings is 1. The van der Waals surface area contributed by atoms with Crippen LogP contribution in [0.5, 0.6) is 0 Å². The van der Waals surface area contributed by atoms with Gasteiger partial charge in [-0.25, -0.2) is 0 Å². The number of ether oxygens (including phenoxy) is 1. The molecule has 1 saturated heterocycles. The summed E-state index contributed by atoms with van der Waals surface area (Å²) in [6, 6.07) is 6.65. The molecule has 3 N–H and O–H groups in total. The summed E-state index contributed by atoms with van der Waals surface area (Å²) in [5, 5.41) is 12.6. The van der Waals surface area contributed by atoms with Crippen LogP contribution in [0.4, 0.5) is 5.82 Å². The molecular weight excluding hydrogens is 450 g/mol. The number of morpholine rings is 1. The molecule has 0 radical (unpaired) electrons. The SMILES string of the molecule is C[C@H](CN1CCOCC1)NC(=O)c1n[nH]c(NC(=O)c2ccccc2Cl)c1Br.